The molecule has 0 spiro atoms. The van der Waals surface area contributed by atoms with Crippen LogP contribution in [-0.2, 0) is 4.79 Å². The first-order chi connectivity index (χ1) is 12.4. The van der Waals surface area contributed by atoms with E-state index < -0.39 is 0 Å². The zero-order chi connectivity index (χ0) is 19.1. The number of rotatable bonds is 6. The van der Waals surface area contributed by atoms with Gasteiger partial charge in [-0.2, -0.15) is 5.10 Å². The van der Waals surface area contributed by atoms with E-state index in [0.717, 1.165) is 9.13 Å². The molecule has 0 aromatic heterocycles. The molecule has 0 aliphatic carbocycles. The molecule has 0 saturated heterocycles. The highest BCUT2D eigenvalue weighted by Gasteiger charge is 2.10. The lowest BCUT2D eigenvalue weighted by atomic mass is 10.2. The van der Waals surface area contributed by atoms with Gasteiger partial charge in [0.05, 0.1) is 19.2 Å². The molecule has 7 heteroatoms. The predicted octanol–water partition coefficient (Wildman–Crippen LogP) is 3.74. The van der Waals surface area contributed by atoms with E-state index in [1.54, 1.807) is 32.2 Å². The van der Waals surface area contributed by atoms with Crippen LogP contribution in [0, 0.1) is 10.5 Å². The summed E-state index contributed by atoms with van der Waals surface area (Å²) in [6, 6.07) is 12.7. The number of ether oxygens (including phenoxy) is 1. The number of anilines is 1. The molecule has 0 atom stereocenters. The van der Waals surface area contributed by atoms with Crippen molar-refractivity contribution < 1.29 is 14.3 Å². The third-order valence-corrected chi connectivity index (χ3v) is 4.22. The SMILES string of the molecule is COc1ccc(C)cc1NC(=O)C/C(C)=N\NC(=O)c1ccc(I)cc1. The number of amides is 2. The first-order valence-electron chi connectivity index (χ1n) is 7.92. The summed E-state index contributed by atoms with van der Waals surface area (Å²) in [7, 11) is 1.55. The van der Waals surface area contributed by atoms with Crippen LogP contribution in [0.1, 0.15) is 29.3 Å². The van der Waals surface area contributed by atoms with Gasteiger partial charge in [-0.1, -0.05) is 6.07 Å². The maximum Gasteiger partial charge on any atom is 0.271 e. The van der Waals surface area contributed by atoms with Gasteiger partial charge >= 0.3 is 0 Å². The lowest BCUT2D eigenvalue weighted by Crippen LogP contribution is -2.21. The average molecular weight is 465 g/mol. The van der Waals surface area contributed by atoms with E-state index in [4.69, 9.17) is 4.74 Å². The van der Waals surface area contributed by atoms with Crippen molar-refractivity contribution in [3.63, 3.8) is 0 Å². The molecule has 2 aromatic rings. The van der Waals surface area contributed by atoms with Crippen molar-refractivity contribution in [2.45, 2.75) is 20.3 Å². The third kappa shape index (κ3) is 5.83. The number of halogens is 1. The maximum atomic E-state index is 12.2. The van der Waals surface area contributed by atoms with Crippen LogP contribution in [0.5, 0.6) is 5.75 Å². The van der Waals surface area contributed by atoms with Crippen LogP contribution in [0.25, 0.3) is 0 Å². The number of benzene rings is 2. The van der Waals surface area contributed by atoms with E-state index >= 15 is 0 Å². The molecule has 26 heavy (non-hydrogen) atoms. The number of nitrogens with one attached hydrogen (secondary N) is 2. The molecule has 0 radical (unpaired) electrons. The summed E-state index contributed by atoms with van der Waals surface area (Å²) in [5.74, 6) is 0.0331. The number of carbonyl (C=O) groups is 2. The van der Waals surface area contributed by atoms with Gasteiger partial charge in [-0.15, -0.1) is 0 Å². The van der Waals surface area contributed by atoms with Crippen molar-refractivity contribution in [3.8, 4) is 5.75 Å². The predicted molar refractivity (Wildman–Crippen MR) is 111 cm³/mol. The Labute approximate surface area is 166 Å². The Morgan fingerprint density at radius 3 is 2.50 bits per heavy atom. The number of nitrogens with zero attached hydrogens (tertiary/aromatic N) is 1. The second-order valence-electron chi connectivity index (χ2n) is 5.72. The number of hydrogen-bond acceptors (Lipinski definition) is 4. The molecule has 0 saturated carbocycles. The van der Waals surface area contributed by atoms with Crippen LogP contribution in [0.2, 0.25) is 0 Å². The van der Waals surface area contributed by atoms with Gasteiger partial charge in [0.2, 0.25) is 5.91 Å². The fourth-order valence-electron chi connectivity index (χ4n) is 2.20. The topological polar surface area (TPSA) is 79.8 Å². The minimum atomic E-state index is -0.318. The minimum Gasteiger partial charge on any atom is -0.495 e. The summed E-state index contributed by atoms with van der Waals surface area (Å²) < 4.78 is 6.28. The van der Waals surface area contributed by atoms with Gasteiger partial charge < -0.3 is 10.1 Å². The Kier molecular flexibility index (Phi) is 7.14. The second kappa shape index (κ2) is 9.33. The summed E-state index contributed by atoms with van der Waals surface area (Å²) in [6.45, 7) is 3.61. The summed E-state index contributed by atoms with van der Waals surface area (Å²) in [5, 5.41) is 6.79. The zero-order valence-electron chi connectivity index (χ0n) is 14.8. The largest absolute Gasteiger partial charge is 0.495 e. The molecule has 0 aliphatic heterocycles. The van der Waals surface area contributed by atoms with Gasteiger partial charge in [-0.3, -0.25) is 9.59 Å². The first kappa shape index (κ1) is 19.9. The second-order valence-corrected chi connectivity index (χ2v) is 6.97. The Hall–Kier alpha value is -2.42. The molecule has 0 bridgehead atoms. The number of hydrazone groups is 1. The molecule has 0 fully saturated rings. The van der Waals surface area contributed by atoms with Gasteiger partial charge in [-0.05, 0) is 78.4 Å². The lowest BCUT2D eigenvalue weighted by molar-refractivity contribution is -0.115. The van der Waals surface area contributed by atoms with Crippen molar-refractivity contribution in [3.05, 3.63) is 57.2 Å². The first-order valence-corrected chi connectivity index (χ1v) is 9.00. The van der Waals surface area contributed by atoms with E-state index in [2.05, 4.69) is 38.4 Å². The monoisotopic (exact) mass is 465 g/mol. The number of methoxy groups -OCH3 is 1. The number of aryl methyl sites for hydroxylation is 1. The van der Waals surface area contributed by atoms with Crippen LogP contribution in [0.15, 0.2) is 47.6 Å². The molecule has 136 valence electrons. The molecular weight excluding hydrogens is 445 g/mol. The van der Waals surface area contributed by atoms with Gasteiger partial charge in [0.15, 0.2) is 0 Å². The molecule has 0 unspecified atom stereocenters. The Morgan fingerprint density at radius 2 is 1.85 bits per heavy atom. The fraction of sp³-hybridized carbons (Fsp3) is 0.211. The van der Waals surface area contributed by atoms with Gasteiger partial charge in [-0.25, -0.2) is 5.43 Å². The third-order valence-electron chi connectivity index (χ3n) is 3.50. The molecule has 0 heterocycles. The Balaban J connectivity index is 1.94. The molecule has 2 aromatic carbocycles. The van der Waals surface area contributed by atoms with Crippen molar-refractivity contribution in [1.29, 1.82) is 0 Å². The van der Waals surface area contributed by atoms with Crippen molar-refractivity contribution in [2.24, 2.45) is 5.10 Å². The molecule has 2 N–H and O–H groups in total. The molecule has 2 amide bonds. The van der Waals surface area contributed by atoms with Crippen molar-refractivity contribution >= 4 is 45.8 Å². The van der Waals surface area contributed by atoms with E-state index in [1.165, 1.54) is 0 Å². The van der Waals surface area contributed by atoms with E-state index in [9.17, 15) is 9.59 Å². The highest BCUT2D eigenvalue weighted by atomic mass is 127. The van der Waals surface area contributed by atoms with E-state index in [-0.39, 0.29) is 18.2 Å². The summed E-state index contributed by atoms with van der Waals surface area (Å²) in [5.41, 5.74) is 5.08. The highest BCUT2D eigenvalue weighted by molar-refractivity contribution is 14.1. The van der Waals surface area contributed by atoms with Crippen LogP contribution < -0.4 is 15.5 Å². The van der Waals surface area contributed by atoms with Crippen molar-refractivity contribution in [1.82, 2.24) is 5.43 Å². The fourth-order valence-corrected chi connectivity index (χ4v) is 2.56. The molecule has 0 aliphatic rings. The summed E-state index contributed by atoms with van der Waals surface area (Å²) >= 11 is 2.17. The smallest absolute Gasteiger partial charge is 0.271 e. The van der Waals surface area contributed by atoms with Gasteiger partial charge in [0.1, 0.15) is 5.75 Å². The van der Waals surface area contributed by atoms with Crippen molar-refractivity contribution in [2.75, 3.05) is 12.4 Å². The van der Waals surface area contributed by atoms with Crippen LogP contribution >= 0.6 is 22.6 Å². The minimum absolute atomic E-state index is 0.0596. The lowest BCUT2D eigenvalue weighted by Gasteiger charge is -2.11. The summed E-state index contributed by atoms with van der Waals surface area (Å²) in [6.07, 6.45) is 0.0596. The Morgan fingerprint density at radius 1 is 1.15 bits per heavy atom. The van der Waals surface area contributed by atoms with Crippen LogP contribution in [-0.4, -0.2) is 24.6 Å². The van der Waals surface area contributed by atoms with Crippen LogP contribution in [0.3, 0.4) is 0 Å². The quantitative estimate of drug-likeness (QED) is 0.388. The molecule has 6 nitrogen and oxygen atoms in total. The van der Waals surface area contributed by atoms with Gasteiger partial charge in [0, 0.05) is 14.8 Å². The van der Waals surface area contributed by atoms with Crippen LogP contribution in [0.4, 0.5) is 5.69 Å². The Bertz CT molecular complexity index is 832. The molecular formula is C19H20IN3O3. The number of carbonyl (C=O) groups excluding carboxylic acids is 2. The maximum absolute atomic E-state index is 12.2. The van der Waals surface area contributed by atoms with E-state index in [0.29, 0.717) is 22.7 Å². The summed E-state index contributed by atoms with van der Waals surface area (Å²) in [4.78, 5) is 24.2. The highest BCUT2D eigenvalue weighted by Crippen LogP contribution is 2.25. The molecule has 2 rings (SSSR count). The normalized spacial score (nSPS) is 11.0. The van der Waals surface area contributed by atoms with E-state index in [1.807, 2.05) is 31.2 Å². The average Bonchev–Trinajstić information content (AvgIpc) is 2.60. The standard InChI is InChI=1S/C19H20IN3O3/c1-12-4-9-17(26-3)16(10-12)21-18(24)11-13(2)22-23-19(25)14-5-7-15(20)8-6-14/h4-10H,11H2,1-3H3,(H,21,24)(H,23,25)/b22-13-. The van der Waals surface area contributed by atoms with Gasteiger partial charge in [0.25, 0.3) is 5.91 Å². The number of hydrogen-bond donors (Lipinski definition) is 2. The zero-order valence-corrected chi connectivity index (χ0v) is 17.0.